The third-order valence-corrected chi connectivity index (χ3v) is 3.10. The molecule has 0 radical (unpaired) electrons. The summed E-state index contributed by atoms with van der Waals surface area (Å²) in [6.45, 7) is 8.03. The average molecular weight is 271 g/mol. The maximum absolute atomic E-state index is 12.4. The Bertz CT molecular complexity index is 594. The van der Waals surface area contributed by atoms with E-state index in [1.807, 2.05) is 50.2 Å². The monoisotopic (exact) mass is 271 g/mol. The Labute approximate surface area is 119 Å². The summed E-state index contributed by atoms with van der Waals surface area (Å²) in [6.07, 6.45) is 0. The highest BCUT2D eigenvalue weighted by atomic mass is 16.2. The zero-order valence-electron chi connectivity index (χ0n) is 12.4. The number of para-hydroxylation sites is 1. The molecule has 0 unspecified atom stereocenters. The fraction of sp³-hybridized carbons (Fsp3) is 0.312. The molecule has 0 aliphatic carbocycles. The summed E-state index contributed by atoms with van der Waals surface area (Å²) in [6, 6.07) is 11.8. The quantitative estimate of drug-likeness (QED) is 0.896. The van der Waals surface area contributed by atoms with E-state index in [1.165, 1.54) is 0 Å². The first-order valence-corrected chi connectivity index (χ1v) is 6.81. The molecule has 0 saturated heterocycles. The van der Waals surface area contributed by atoms with Gasteiger partial charge in [-0.25, -0.2) is 0 Å². The summed E-state index contributed by atoms with van der Waals surface area (Å²) in [5, 5.41) is 3.29. The number of carbonyl (C=O) groups is 1. The summed E-state index contributed by atoms with van der Waals surface area (Å²) in [5.74, 6) is -0.115. The van der Waals surface area contributed by atoms with E-state index in [-0.39, 0.29) is 11.9 Å². The average Bonchev–Trinajstić information content (AvgIpc) is 2.70. The van der Waals surface area contributed by atoms with Crippen LogP contribution in [0.3, 0.4) is 0 Å². The minimum absolute atomic E-state index is 0.115. The second kappa shape index (κ2) is 5.82. The van der Waals surface area contributed by atoms with Crippen LogP contribution in [-0.2, 0) is 0 Å². The molecule has 0 aliphatic rings. The zero-order valence-corrected chi connectivity index (χ0v) is 12.4. The number of aromatic nitrogens is 1. The van der Waals surface area contributed by atoms with Crippen molar-refractivity contribution in [3.05, 3.63) is 53.3 Å². The molecule has 0 atom stereocenters. The third-order valence-electron chi connectivity index (χ3n) is 3.10. The van der Waals surface area contributed by atoms with Crippen LogP contribution >= 0.6 is 0 Å². The van der Waals surface area contributed by atoms with Crippen molar-refractivity contribution >= 4 is 11.6 Å². The highest BCUT2D eigenvalue weighted by molar-refractivity contribution is 6.04. The summed E-state index contributed by atoms with van der Waals surface area (Å²) in [7, 11) is 0. The molecular weight excluding hydrogens is 250 g/mol. The van der Waals surface area contributed by atoms with Crippen LogP contribution in [-0.4, -0.2) is 16.6 Å². The van der Waals surface area contributed by atoms with Gasteiger partial charge < -0.3 is 5.32 Å². The molecule has 4 nitrogen and oxygen atoms in total. The van der Waals surface area contributed by atoms with Gasteiger partial charge >= 0.3 is 0 Å². The fourth-order valence-corrected chi connectivity index (χ4v) is 2.12. The molecule has 1 amide bonds. The molecular formula is C16H21N3O. The van der Waals surface area contributed by atoms with Gasteiger partial charge in [0.1, 0.15) is 0 Å². The molecule has 106 valence electrons. The van der Waals surface area contributed by atoms with E-state index in [0.29, 0.717) is 5.56 Å². The number of hydrogen-bond donors (Lipinski definition) is 2. The molecule has 1 aromatic carbocycles. The van der Waals surface area contributed by atoms with Crippen LogP contribution in [0.5, 0.6) is 0 Å². The van der Waals surface area contributed by atoms with Crippen LogP contribution < -0.4 is 10.7 Å². The molecule has 2 rings (SSSR count). The predicted octanol–water partition coefficient (Wildman–Crippen LogP) is 3.31. The van der Waals surface area contributed by atoms with E-state index in [0.717, 1.165) is 17.1 Å². The first-order valence-electron chi connectivity index (χ1n) is 6.81. The Kier molecular flexibility index (Phi) is 4.13. The van der Waals surface area contributed by atoms with Gasteiger partial charge in [-0.1, -0.05) is 12.1 Å². The zero-order chi connectivity index (χ0) is 14.7. The number of benzene rings is 1. The largest absolute Gasteiger partial charge is 0.382 e. The number of nitrogens with zero attached hydrogens (tertiary/aromatic N) is 1. The predicted molar refractivity (Wildman–Crippen MR) is 82.8 cm³/mol. The number of nitrogens with one attached hydrogen (secondary N) is 2. The lowest BCUT2D eigenvalue weighted by Crippen LogP contribution is -2.26. The summed E-state index contributed by atoms with van der Waals surface area (Å²) in [4.78, 5) is 12.4. The minimum atomic E-state index is -0.115. The van der Waals surface area contributed by atoms with Crippen LogP contribution in [0.1, 0.15) is 35.6 Å². The number of rotatable bonds is 4. The Hall–Kier alpha value is -2.23. The summed E-state index contributed by atoms with van der Waals surface area (Å²) in [5.41, 5.74) is 6.43. The molecule has 0 spiro atoms. The third kappa shape index (κ3) is 3.02. The van der Waals surface area contributed by atoms with Gasteiger partial charge in [-0.3, -0.25) is 14.9 Å². The molecule has 0 saturated carbocycles. The molecule has 1 heterocycles. The van der Waals surface area contributed by atoms with E-state index >= 15 is 0 Å². The SMILES string of the molecule is Cc1ccc(C)n1NC(=O)c1ccccc1NC(C)C. The molecule has 2 N–H and O–H groups in total. The van der Waals surface area contributed by atoms with E-state index in [2.05, 4.69) is 24.6 Å². The number of amides is 1. The first-order chi connectivity index (χ1) is 9.49. The maximum Gasteiger partial charge on any atom is 0.272 e. The molecule has 20 heavy (non-hydrogen) atoms. The van der Waals surface area contributed by atoms with Crippen LogP contribution in [0.2, 0.25) is 0 Å². The molecule has 2 aromatic rings. The standard InChI is InChI=1S/C16H21N3O/c1-11(2)17-15-8-6-5-7-14(15)16(20)18-19-12(3)9-10-13(19)4/h5-11,17H,1-4H3,(H,18,20). The van der Waals surface area contributed by atoms with Crippen molar-refractivity contribution in [3.8, 4) is 0 Å². The number of hydrogen-bond acceptors (Lipinski definition) is 2. The molecule has 1 aromatic heterocycles. The van der Waals surface area contributed by atoms with Gasteiger partial charge in [0.15, 0.2) is 0 Å². The van der Waals surface area contributed by atoms with Crippen LogP contribution in [0.4, 0.5) is 5.69 Å². The van der Waals surface area contributed by atoms with Crippen molar-refractivity contribution in [2.45, 2.75) is 33.7 Å². The normalized spacial score (nSPS) is 10.7. The van der Waals surface area contributed by atoms with E-state index in [4.69, 9.17) is 0 Å². The van der Waals surface area contributed by atoms with Crippen molar-refractivity contribution < 1.29 is 4.79 Å². The molecule has 4 heteroatoms. The van der Waals surface area contributed by atoms with Gasteiger partial charge in [0.25, 0.3) is 5.91 Å². The smallest absolute Gasteiger partial charge is 0.272 e. The molecule has 0 aliphatic heterocycles. The lowest BCUT2D eigenvalue weighted by Gasteiger charge is -2.16. The second-order valence-corrected chi connectivity index (χ2v) is 5.24. The van der Waals surface area contributed by atoms with E-state index < -0.39 is 0 Å². The van der Waals surface area contributed by atoms with Gasteiger partial charge in [-0.2, -0.15) is 0 Å². The first kappa shape index (κ1) is 14.2. The Morgan fingerprint density at radius 3 is 2.25 bits per heavy atom. The van der Waals surface area contributed by atoms with Crippen LogP contribution in [0, 0.1) is 13.8 Å². The summed E-state index contributed by atoms with van der Waals surface area (Å²) >= 11 is 0. The van der Waals surface area contributed by atoms with Crippen molar-refractivity contribution in [2.75, 3.05) is 10.7 Å². The lowest BCUT2D eigenvalue weighted by molar-refractivity contribution is 0.101. The summed E-state index contributed by atoms with van der Waals surface area (Å²) < 4.78 is 1.80. The highest BCUT2D eigenvalue weighted by Crippen LogP contribution is 2.17. The Balaban J connectivity index is 2.26. The van der Waals surface area contributed by atoms with Gasteiger partial charge in [-0.15, -0.1) is 0 Å². The van der Waals surface area contributed by atoms with Gasteiger partial charge in [0.05, 0.1) is 5.56 Å². The minimum Gasteiger partial charge on any atom is -0.382 e. The topological polar surface area (TPSA) is 46.1 Å². The Morgan fingerprint density at radius 1 is 1.05 bits per heavy atom. The number of carbonyl (C=O) groups excluding carboxylic acids is 1. The van der Waals surface area contributed by atoms with Crippen molar-refractivity contribution in [1.29, 1.82) is 0 Å². The Morgan fingerprint density at radius 2 is 1.65 bits per heavy atom. The highest BCUT2D eigenvalue weighted by Gasteiger charge is 2.13. The lowest BCUT2D eigenvalue weighted by atomic mass is 10.1. The maximum atomic E-state index is 12.4. The molecule has 0 fully saturated rings. The second-order valence-electron chi connectivity index (χ2n) is 5.24. The van der Waals surface area contributed by atoms with Gasteiger partial charge in [0, 0.05) is 23.1 Å². The van der Waals surface area contributed by atoms with E-state index in [1.54, 1.807) is 4.68 Å². The van der Waals surface area contributed by atoms with Crippen LogP contribution in [0.15, 0.2) is 36.4 Å². The number of aryl methyl sites for hydroxylation is 2. The van der Waals surface area contributed by atoms with E-state index in [9.17, 15) is 4.79 Å². The van der Waals surface area contributed by atoms with Gasteiger partial charge in [-0.05, 0) is 52.0 Å². The van der Waals surface area contributed by atoms with Crippen LogP contribution in [0.25, 0.3) is 0 Å². The fourth-order valence-electron chi connectivity index (χ4n) is 2.12. The van der Waals surface area contributed by atoms with Crippen molar-refractivity contribution in [2.24, 2.45) is 0 Å². The molecule has 0 bridgehead atoms. The van der Waals surface area contributed by atoms with Gasteiger partial charge in [0.2, 0.25) is 0 Å². The van der Waals surface area contributed by atoms with Crippen molar-refractivity contribution in [1.82, 2.24) is 4.68 Å². The number of anilines is 1. The van der Waals surface area contributed by atoms with Crippen molar-refractivity contribution in [3.63, 3.8) is 0 Å².